The van der Waals surface area contributed by atoms with Crippen LogP contribution in [0.25, 0.3) is 0 Å². The standard InChI is InChI=1S/C13H14ClN5O2/c1-16-13(21)9-6-8(2-3-10(9)14)17-12(20)7-19-5-4-11(15)18-19/h2-6H,7H2,1H3,(H2,15,18)(H,16,21)(H,17,20). The summed E-state index contributed by atoms with van der Waals surface area (Å²) >= 11 is 5.94. The second kappa shape index (κ2) is 6.27. The third kappa shape index (κ3) is 3.73. The van der Waals surface area contributed by atoms with Crippen molar-refractivity contribution in [1.82, 2.24) is 15.1 Å². The summed E-state index contributed by atoms with van der Waals surface area (Å²) in [6, 6.07) is 6.27. The van der Waals surface area contributed by atoms with E-state index in [1.165, 1.54) is 17.8 Å². The molecule has 0 radical (unpaired) electrons. The summed E-state index contributed by atoms with van der Waals surface area (Å²) in [5, 5.41) is 9.37. The minimum Gasteiger partial charge on any atom is -0.382 e. The lowest BCUT2D eigenvalue weighted by Gasteiger charge is -2.08. The first-order valence-electron chi connectivity index (χ1n) is 6.10. The molecular formula is C13H14ClN5O2. The number of nitrogen functional groups attached to an aromatic ring is 1. The second-order valence-electron chi connectivity index (χ2n) is 4.26. The number of benzene rings is 1. The van der Waals surface area contributed by atoms with Crippen LogP contribution in [0, 0.1) is 0 Å². The largest absolute Gasteiger partial charge is 0.382 e. The van der Waals surface area contributed by atoms with Gasteiger partial charge in [-0.05, 0) is 24.3 Å². The van der Waals surface area contributed by atoms with E-state index in [0.717, 1.165) is 0 Å². The van der Waals surface area contributed by atoms with E-state index < -0.39 is 0 Å². The number of carbonyl (C=O) groups excluding carboxylic acids is 2. The lowest BCUT2D eigenvalue weighted by molar-refractivity contribution is -0.116. The number of carbonyl (C=O) groups is 2. The van der Waals surface area contributed by atoms with E-state index in [0.29, 0.717) is 22.1 Å². The molecule has 1 aromatic heterocycles. The number of hydrogen-bond donors (Lipinski definition) is 3. The van der Waals surface area contributed by atoms with Crippen molar-refractivity contribution in [3.63, 3.8) is 0 Å². The Labute approximate surface area is 126 Å². The van der Waals surface area contributed by atoms with Gasteiger partial charge in [0.15, 0.2) is 0 Å². The van der Waals surface area contributed by atoms with Crippen molar-refractivity contribution in [2.45, 2.75) is 6.54 Å². The molecule has 21 heavy (non-hydrogen) atoms. The predicted octanol–water partition coefficient (Wildman–Crippen LogP) is 1.12. The number of anilines is 2. The van der Waals surface area contributed by atoms with Crippen LogP contribution in [-0.2, 0) is 11.3 Å². The Morgan fingerprint density at radius 1 is 1.38 bits per heavy atom. The van der Waals surface area contributed by atoms with Crippen LogP contribution in [0.1, 0.15) is 10.4 Å². The van der Waals surface area contributed by atoms with Gasteiger partial charge in [0.05, 0.1) is 10.6 Å². The number of halogens is 1. The van der Waals surface area contributed by atoms with Crippen LogP contribution in [0.3, 0.4) is 0 Å². The highest BCUT2D eigenvalue weighted by Gasteiger charge is 2.11. The van der Waals surface area contributed by atoms with E-state index in [9.17, 15) is 9.59 Å². The monoisotopic (exact) mass is 307 g/mol. The number of aromatic nitrogens is 2. The molecule has 0 fully saturated rings. The fourth-order valence-corrected chi connectivity index (χ4v) is 1.93. The van der Waals surface area contributed by atoms with Crippen LogP contribution < -0.4 is 16.4 Å². The number of rotatable bonds is 4. The van der Waals surface area contributed by atoms with Gasteiger partial charge in [-0.3, -0.25) is 14.3 Å². The van der Waals surface area contributed by atoms with Crippen molar-refractivity contribution in [2.24, 2.45) is 0 Å². The molecule has 8 heteroatoms. The van der Waals surface area contributed by atoms with Crippen LogP contribution >= 0.6 is 11.6 Å². The molecule has 0 aliphatic carbocycles. The molecule has 4 N–H and O–H groups in total. The number of amides is 2. The highest BCUT2D eigenvalue weighted by atomic mass is 35.5. The number of nitrogens with zero attached hydrogens (tertiary/aromatic N) is 2. The second-order valence-corrected chi connectivity index (χ2v) is 4.67. The van der Waals surface area contributed by atoms with Gasteiger partial charge >= 0.3 is 0 Å². The molecule has 0 aliphatic rings. The Balaban J connectivity index is 2.08. The highest BCUT2D eigenvalue weighted by molar-refractivity contribution is 6.34. The maximum absolute atomic E-state index is 11.9. The summed E-state index contributed by atoms with van der Waals surface area (Å²) in [5.41, 5.74) is 6.24. The smallest absolute Gasteiger partial charge is 0.252 e. The first kappa shape index (κ1) is 14.9. The summed E-state index contributed by atoms with van der Waals surface area (Å²) in [6.45, 7) is 0.0230. The van der Waals surface area contributed by atoms with Crippen molar-refractivity contribution < 1.29 is 9.59 Å². The normalized spacial score (nSPS) is 10.2. The summed E-state index contributed by atoms with van der Waals surface area (Å²) in [6.07, 6.45) is 1.60. The topological polar surface area (TPSA) is 102 Å². The minimum atomic E-state index is -0.323. The molecule has 1 aromatic carbocycles. The first-order chi connectivity index (χ1) is 9.99. The Hall–Kier alpha value is -2.54. The van der Waals surface area contributed by atoms with E-state index in [1.807, 2.05) is 0 Å². The molecule has 2 amide bonds. The van der Waals surface area contributed by atoms with Crippen LogP contribution in [0.2, 0.25) is 5.02 Å². The molecule has 0 saturated carbocycles. The van der Waals surface area contributed by atoms with Crippen LogP contribution in [0.5, 0.6) is 0 Å². The van der Waals surface area contributed by atoms with Gasteiger partial charge in [0.1, 0.15) is 12.4 Å². The number of hydrogen-bond acceptors (Lipinski definition) is 4. The van der Waals surface area contributed by atoms with Gasteiger partial charge in [-0.25, -0.2) is 0 Å². The van der Waals surface area contributed by atoms with Gasteiger partial charge in [0.25, 0.3) is 5.91 Å². The van der Waals surface area contributed by atoms with Gasteiger partial charge in [0.2, 0.25) is 5.91 Å². The Bertz CT molecular complexity index is 683. The SMILES string of the molecule is CNC(=O)c1cc(NC(=O)Cn2ccc(N)n2)ccc1Cl. The fraction of sp³-hybridized carbons (Fsp3) is 0.154. The van der Waals surface area contributed by atoms with Gasteiger partial charge in [0, 0.05) is 18.9 Å². The van der Waals surface area contributed by atoms with Crippen molar-refractivity contribution in [2.75, 3.05) is 18.1 Å². The molecule has 110 valence electrons. The molecule has 2 aromatic rings. The third-order valence-electron chi connectivity index (χ3n) is 2.69. The minimum absolute atomic E-state index is 0.0230. The number of nitrogens with one attached hydrogen (secondary N) is 2. The molecule has 0 unspecified atom stereocenters. The van der Waals surface area contributed by atoms with Gasteiger partial charge in [-0.2, -0.15) is 5.10 Å². The Kier molecular flexibility index (Phi) is 4.44. The predicted molar refractivity (Wildman–Crippen MR) is 80.1 cm³/mol. The third-order valence-corrected chi connectivity index (χ3v) is 3.02. The summed E-state index contributed by atoms with van der Waals surface area (Å²) in [4.78, 5) is 23.5. The highest BCUT2D eigenvalue weighted by Crippen LogP contribution is 2.20. The van der Waals surface area contributed by atoms with Gasteiger partial charge < -0.3 is 16.4 Å². The molecular weight excluding hydrogens is 294 g/mol. The maximum atomic E-state index is 11.9. The lowest BCUT2D eigenvalue weighted by atomic mass is 10.2. The van der Waals surface area contributed by atoms with Crippen molar-refractivity contribution in [1.29, 1.82) is 0 Å². The summed E-state index contributed by atoms with van der Waals surface area (Å²) in [7, 11) is 1.51. The van der Waals surface area contributed by atoms with Gasteiger partial charge in [-0.1, -0.05) is 11.6 Å². The molecule has 0 saturated heterocycles. The lowest BCUT2D eigenvalue weighted by Crippen LogP contribution is -2.21. The fourth-order valence-electron chi connectivity index (χ4n) is 1.72. The summed E-state index contributed by atoms with van der Waals surface area (Å²) in [5.74, 6) is -0.268. The quantitative estimate of drug-likeness (QED) is 0.787. The first-order valence-corrected chi connectivity index (χ1v) is 6.48. The van der Waals surface area contributed by atoms with Crippen molar-refractivity contribution in [3.8, 4) is 0 Å². The summed E-state index contributed by atoms with van der Waals surface area (Å²) < 4.78 is 1.42. The Morgan fingerprint density at radius 3 is 2.76 bits per heavy atom. The van der Waals surface area contributed by atoms with Crippen LogP contribution in [0.4, 0.5) is 11.5 Å². The van der Waals surface area contributed by atoms with E-state index in [-0.39, 0.29) is 18.4 Å². The molecule has 1 heterocycles. The van der Waals surface area contributed by atoms with Crippen LogP contribution in [0.15, 0.2) is 30.5 Å². The van der Waals surface area contributed by atoms with Gasteiger partial charge in [-0.15, -0.1) is 0 Å². The Morgan fingerprint density at radius 2 is 2.14 bits per heavy atom. The zero-order valence-electron chi connectivity index (χ0n) is 11.3. The average molecular weight is 308 g/mol. The molecule has 0 spiro atoms. The zero-order chi connectivity index (χ0) is 15.4. The van der Waals surface area contributed by atoms with Crippen LogP contribution in [-0.4, -0.2) is 28.6 Å². The van der Waals surface area contributed by atoms with E-state index >= 15 is 0 Å². The van der Waals surface area contributed by atoms with Crippen molar-refractivity contribution in [3.05, 3.63) is 41.0 Å². The zero-order valence-corrected chi connectivity index (χ0v) is 12.0. The number of nitrogens with two attached hydrogens (primary N) is 1. The molecule has 2 rings (SSSR count). The van der Waals surface area contributed by atoms with Crippen molar-refractivity contribution >= 4 is 34.9 Å². The van der Waals surface area contributed by atoms with E-state index in [1.54, 1.807) is 24.4 Å². The molecule has 0 bridgehead atoms. The average Bonchev–Trinajstić information content (AvgIpc) is 2.85. The van der Waals surface area contributed by atoms with E-state index in [4.69, 9.17) is 17.3 Å². The molecule has 0 aliphatic heterocycles. The van der Waals surface area contributed by atoms with E-state index in [2.05, 4.69) is 15.7 Å². The molecule has 0 atom stereocenters. The maximum Gasteiger partial charge on any atom is 0.252 e. The molecule has 7 nitrogen and oxygen atoms in total.